The van der Waals surface area contributed by atoms with Crippen LogP contribution in [0.25, 0.3) is 78.5 Å². The van der Waals surface area contributed by atoms with Gasteiger partial charge in [0.2, 0.25) is 11.8 Å². The van der Waals surface area contributed by atoms with Crippen molar-refractivity contribution in [1.29, 1.82) is 0 Å². The summed E-state index contributed by atoms with van der Waals surface area (Å²) in [5.41, 5.74) is 12.6. The lowest BCUT2D eigenvalue weighted by molar-refractivity contribution is 0.619. The fourth-order valence-corrected chi connectivity index (χ4v) is 6.76. The first-order chi connectivity index (χ1) is 26.2. The van der Waals surface area contributed by atoms with Crippen LogP contribution in [0.15, 0.2) is 185 Å². The average Bonchev–Trinajstić information content (AvgIpc) is 3.87. The molecule has 250 valence electrons. The number of para-hydroxylation sites is 4. The lowest BCUT2D eigenvalue weighted by atomic mass is 10.0. The molecule has 0 aliphatic heterocycles. The van der Waals surface area contributed by atoms with Crippen LogP contribution < -0.4 is 4.90 Å². The maximum absolute atomic E-state index is 6.07. The first-order valence-electron chi connectivity index (χ1n) is 17.4. The molecule has 0 radical (unpaired) electrons. The molecule has 0 amide bonds. The lowest BCUT2D eigenvalue weighted by Gasteiger charge is -2.26. The third-order valence-corrected chi connectivity index (χ3v) is 9.39. The summed E-state index contributed by atoms with van der Waals surface area (Å²) in [7, 11) is 0. The number of aromatic nitrogens is 4. The first kappa shape index (κ1) is 30.4. The Labute approximate surface area is 304 Å². The number of benzene rings is 6. The number of hydrogen-bond donors (Lipinski definition) is 0. The summed E-state index contributed by atoms with van der Waals surface area (Å²) < 4.78 is 12.1. The molecule has 6 aromatic carbocycles. The Kier molecular flexibility index (Phi) is 7.32. The van der Waals surface area contributed by atoms with E-state index in [1.165, 1.54) is 0 Å². The number of nitrogens with zero attached hydrogens (tertiary/aromatic N) is 5. The van der Waals surface area contributed by atoms with Gasteiger partial charge in [0, 0.05) is 50.9 Å². The summed E-state index contributed by atoms with van der Waals surface area (Å²) in [4.78, 5) is 21.5. The van der Waals surface area contributed by atoms with Crippen molar-refractivity contribution in [3.63, 3.8) is 0 Å². The molecule has 7 heteroatoms. The van der Waals surface area contributed by atoms with Crippen molar-refractivity contribution in [2.75, 3.05) is 4.90 Å². The predicted octanol–water partition coefficient (Wildman–Crippen LogP) is 12.0. The highest BCUT2D eigenvalue weighted by Crippen LogP contribution is 2.38. The molecule has 4 heterocycles. The van der Waals surface area contributed by atoms with Crippen LogP contribution in [0.5, 0.6) is 0 Å². The van der Waals surface area contributed by atoms with Crippen molar-refractivity contribution in [1.82, 2.24) is 19.9 Å². The molecule has 4 aromatic heterocycles. The predicted molar refractivity (Wildman–Crippen MR) is 211 cm³/mol. The molecule has 0 aliphatic carbocycles. The van der Waals surface area contributed by atoms with Gasteiger partial charge in [-0.05, 0) is 97.1 Å². The van der Waals surface area contributed by atoms with E-state index < -0.39 is 0 Å². The topological polar surface area (TPSA) is 81.1 Å². The highest BCUT2D eigenvalue weighted by molar-refractivity contribution is 5.94. The smallest absolute Gasteiger partial charge is 0.227 e. The standard InChI is InChI=1S/C46H29N5O2/c1-2-9-31(10-3-1)44-43-34(11-8-28-47-43)29-40(48-44)30-16-22-35(23-17-30)51(36-24-18-32(19-25-36)45-49-38-12-4-6-14-41(38)52-45)37-26-20-33(21-27-37)46-50-39-13-5-7-15-42(39)53-46/h1-29H. The first-order valence-corrected chi connectivity index (χ1v) is 17.4. The molecule has 10 rings (SSSR count). The Bertz CT molecular complexity index is 2700. The minimum absolute atomic E-state index is 0.587. The molecule has 10 aromatic rings. The maximum atomic E-state index is 6.07. The van der Waals surface area contributed by atoms with E-state index in [0.717, 1.165) is 83.8 Å². The summed E-state index contributed by atoms with van der Waals surface area (Å²) in [5, 5.41) is 1.04. The normalized spacial score (nSPS) is 11.4. The van der Waals surface area contributed by atoms with Gasteiger partial charge in [-0.2, -0.15) is 0 Å². The molecule has 0 N–H and O–H groups in total. The van der Waals surface area contributed by atoms with E-state index in [2.05, 4.69) is 82.7 Å². The van der Waals surface area contributed by atoms with E-state index in [1.807, 2.05) is 103 Å². The minimum atomic E-state index is 0.587. The zero-order valence-corrected chi connectivity index (χ0v) is 28.3. The quantitative estimate of drug-likeness (QED) is 0.165. The Morgan fingerprint density at radius 3 is 1.47 bits per heavy atom. The monoisotopic (exact) mass is 683 g/mol. The van der Waals surface area contributed by atoms with Gasteiger partial charge in [0.1, 0.15) is 11.0 Å². The van der Waals surface area contributed by atoms with Gasteiger partial charge in [0.05, 0.1) is 16.9 Å². The molecule has 0 saturated heterocycles. The van der Waals surface area contributed by atoms with Gasteiger partial charge in [0.15, 0.2) is 11.2 Å². The van der Waals surface area contributed by atoms with Crippen molar-refractivity contribution in [3.8, 4) is 45.4 Å². The fourth-order valence-electron chi connectivity index (χ4n) is 6.76. The van der Waals surface area contributed by atoms with Gasteiger partial charge < -0.3 is 13.7 Å². The fraction of sp³-hybridized carbons (Fsp3) is 0. The summed E-state index contributed by atoms with van der Waals surface area (Å²) in [6.45, 7) is 0. The highest BCUT2D eigenvalue weighted by atomic mass is 16.4. The van der Waals surface area contributed by atoms with E-state index in [0.29, 0.717) is 11.8 Å². The van der Waals surface area contributed by atoms with Crippen LogP contribution in [0, 0.1) is 0 Å². The third-order valence-electron chi connectivity index (χ3n) is 9.39. The third kappa shape index (κ3) is 5.66. The largest absolute Gasteiger partial charge is 0.436 e. The second-order valence-corrected chi connectivity index (χ2v) is 12.7. The molecule has 0 saturated carbocycles. The second kappa shape index (κ2) is 12.7. The van der Waals surface area contributed by atoms with Gasteiger partial charge >= 0.3 is 0 Å². The van der Waals surface area contributed by atoms with Crippen molar-refractivity contribution in [2.45, 2.75) is 0 Å². The number of hydrogen-bond acceptors (Lipinski definition) is 7. The van der Waals surface area contributed by atoms with Gasteiger partial charge in [-0.1, -0.05) is 72.8 Å². The van der Waals surface area contributed by atoms with Crippen molar-refractivity contribution < 1.29 is 8.83 Å². The van der Waals surface area contributed by atoms with E-state index in [-0.39, 0.29) is 0 Å². The minimum Gasteiger partial charge on any atom is -0.436 e. The van der Waals surface area contributed by atoms with Crippen molar-refractivity contribution >= 4 is 50.2 Å². The van der Waals surface area contributed by atoms with Gasteiger partial charge in [0.25, 0.3) is 0 Å². The highest BCUT2D eigenvalue weighted by Gasteiger charge is 2.17. The van der Waals surface area contributed by atoms with Crippen LogP contribution in [-0.2, 0) is 0 Å². The molecule has 0 bridgehead atoms. The zero-order chi connectivity index (χ0) is 35.1. The maximum Gasteiger partial charge on any atom is 0.227 e. The van der Waals surface area contributed by atoms with Crippen LogP contribution in [0.4, 0.5) is 17.1 Å². The number of anilines is 3. The number of oxazole rings is 2. The van der Waals surface area contributed by atoms with E-state index in [4.69, 9.17) is 23.8 Å². The molecular weight excluding hydrogens is 655 g/mol. The molecular formula is C46H29N5O2. The molecule has 53 heavy (non-hydrogen) atoms. The van der Waals surface area contributed by atoms with Crippen molar-refractivity contribution in [2.24, 2.45) is 0 Å². The Hall–Kier alpha value is -7.38. The van der Waals surface area contributed by atoms with Gasteiger partial charge in [-0.15, -0.1) is 0 Å². The van der Waals surface area contributed by atoms with Gasteiger partial charge in [-0.25, -0.2) is 15.0 Å². The van der Waals surface area contributed by atoms with Crippen LogP contribution in [0.2, 0.25) is 0 Å². The van der Waals surface area contributed by atoms with Crippen LogP contribution in [-0.4, -0.2) is 19.9 Å². The number of fused-ring (bicyclic) bond motifs is 3. The van der Waals surface area contributed by atoms with E-state index >= 15 is 0 Å². The summed E-state index contributed by atoms with van der Waals surface area (Å²) in [5.74, 6) is 1.17. The summed E-state index contributed by atoms with van der Waals surface area (Å²) >= 11 is 0. The summed E-state index contributed by atoms with van der Waals surface area (Å²) in [6.07, 6.45) is 1.82. The number of rotatable bonds is 7. The molecule has 0 fully saturated rings. The second-order valence-electron chi connectivity index (χ2n) is 12.7. The average molecular weight is 684 g/mol. The van der Waals surface area contributed by atoms with E-state index in [1.54, 1.807) is 0 Å². The van der Waals surface area contributed by atoms with Gasteiger partial charge in [-0.3, -0.25) is 4.98 Å². The summed E-state index contributed by atoms with van der Waals surface area (Å²) in [6, 6.07) is 57.1. The number of pyridine rings is 2. The Morgan fingerprint density at radius 2 is 0.925 bits per heavy atom. The SMILES string of the molecule is c1ccc(-c2nc(-c3ccc(N(c4ccc(-c5nc6ccccc6o5)cc4)c4ccc(-c5nc6ccccc6o5)cc4)cc3)cc3cccnc23)cc1. The molecule has 0 aliphatic rings. The van der Waals surface area contributed by atoms with Crippen LogP contribution in [0.3, 0.4) is 0 Å². The Balaban J connectivity index is 1.04. The lowest BCUT2D eigenvalue weighted by Crippen LogP contribution is -2.09. The van der Waals surface area contributed by atoms with Crippen LogP contribution in [0.1, 0.15) is 0 Å². The molecule has 0 unspecified atom stereocenters. The molecule has 0 spiro atoms. The van der Waals surface area contributed by atoms with E-state index in [9.17, 15) is 0 Å². The van der Waals surface area contributed by atoms with Crippen molar-refractivity contribution in [3.05, 3.63) is 176 Å². The Morgan fingerprint density at radius 1 is 0.415 bits per heavy atom. The molecule has 0 atom stereocenters. The van der Waals surface area contributed by atoms with Crippen LogP contribution >= 0.6 is 0 Å². The zero-order valence-electron chi connectivity index (χ0n) is 28.3. The molecule has 7 nitrogen and oxygen atoms in total.